The van der Waals surface area contributed by atoms with Gasteiger partial charge in [0.15, 0.2) is 0 Å². The van der Waals surface area contributed by atoms with E-state index >= 15 is 0 Å². The van der Waals surface area contributed by atoms with Crippen molar-refractivity contribution in [3.63, 3.8) is 0 Å². The fourth-order valence-electron chi connectivity index (χ4n) is 3.50. The van der Waals surface area contributed by atoms with Gasteiger partial charge in [0.1, 0.15) is 29.1 Å². The Morgan fingerprint density at radius 1 is 1.17 bits per heavy atom. The third-order valence-electron chi connectivity index (χ3n) is 4.92. The zero-order chi connectivity index (χ0) is 21.3. The number of benzene rings is 1. The summed E-state index contributed by atoms with van der Waals surface area (Å²) in [4.78, 5) is 28.1. The lowest BCUT2D eigenvalue weighted by atomic mass is 9.99. The molecule has 1 aliphatic heterocycles. The summed E-state index contributed by atoms with van der Waals surface area (Å²) in [6.45, 7) is 0.103. The molecule has 0 saturated carbocycles. The number of ketones is 1. The maximum absolute atomic E-state index is 13.0. The van der Waals surface area contributed by atoms with Gasteiger partial charge in [-0.3, -0.25) is 9.59 Å². The molecule has 7 nitrogen and oxygen atoms in total. The molecule has 0 aliphatic carbocycles. The molecule has 0 spiro atoms. The van der Waals surface area contributed by atoms with Crippen molar-refractivity contribution in [2.45, 2.75) is 12.6 Å². The molecule has 1 unspecified atom stereocenters. The van der Waals surface area contributed by atoms with Gasteiger partial charge >= 0.3 is 0 Å². The number of hydrogen-bond donors (Lipinski definition) is 1. The SMILES string of the molecule is COc1ccc(OC)c(/C(O)=C2/C(=O)C(=O)N(Cc3ccco3)C2c2cccs2)c1. The second-order valence-electron chi connectivity index (χ2n) is 6.59. The standard InChI is InChI=1S/C22H19NO6S/c1-27-13-7-8-16(28-2)15(11-13)20(24)18-19(17-6-4-10-30-17)23(22(26)21(18)25)12-14-5-3-9-29-14/h3-11,19,24H,12H2,1-2H3/b20-18-. The van der Waals surface area contributed by atoms with Crippen LogP contribution >= 0.6 is 11.3 Å². The molecule has 2 aromatic heterocycles. The molecule has 1 fully saturated rings. The average molecular weight is 425 g/mol. The summed E-state index contributed by atoms with van der Waals surface area (Å²) in [7, 11) is 2.96. The van der Waals surface area contributed by atoms with Crippen LogP contribution in [0.4, 0.5) is 0 Å². The molecule has 1 amide bonds. The van der Waals surface area contributed by atoms with Crippen LogP contribution in [0, 0.1) is 0 Å². The van der Waals surface area contributed by atoms with E-state index in [1.165, 1.54) is 36.7 Å². The van der Waals surface area contributed by atoms with E-state index in [-0.39, 0.29) is 23.4 Å². The smallest absolute Gasteiger partial charge is 0.296 e. The molecule has 0 radical (unpaired) electrons. The molecule has 154 valence electrons. The molecule has 3 aromatic rings. The van der Waals surface area contributed by atoms with Gasteiger partial charge in [-0.2, -0.15) is 0 Å². The van der Waals surface area contributed by atoms with Crippen molar-refractivity contribution >= 4 is 28.8 Å². The predicted octanol–water partition coefficient (Wildman–Crippen LogP) is 3.98. The summed E-state index contributed by atoms with van der Waals surface area (Å²) in [5, 5.41) is 13.0. The number of furan rings is 1. The monoisotopic (exact) mass is 425 g/mol. The molecule has 30 heavy (non-hydrogen) atoms. The first-order valence-electron chi connectivity index (χ1n) is 9.11. The Morgan fingerprint density at radius 2 is 2.00 bits per heavy atom. The van der Waals surface area contributed by atoms with Crippen LogP contribution in [0.5, 0.6) is 11.5 Å². The van der Waals surface area contributed by atoms with Crippen LogP contribution < -0.4 is 9.47 Å². The number of carbonyl (C=O) groups excluding carboxylic acids is 2. The van der Waals surface area contributed by atoms with Crippen molar-refractivity contribution < 1.29 is 28.6 Å². The highest BCUT2D eigenvalue weighted by Gasteiger charge is 2.47. The van der Waals surface area contributed by atoms with Gasteiger partial charge in [0.2, 0.25) is 0 Å². The molecule has 1 N–H and O–H groups in total. The number of rotatable bonds is 6. The Balaban J connectivity index is 1.88. The molecule has 1 aliphatic rings. The Kier molecular flexibility index (Phi) is 5.33. The van der Waals surface area contributed by atoms with E-state index in [2.05, 4.69) is 0 Å². The molecule has 3 heterocycles. The van der Waals surface area contributed by atoms with Gasteiger partial charge < -0.3 is 23.9 Å². The summed E-state index contributed by atoms with van der Waals surface area (Å²) in [5.41, 5.74) is 0.273. The normalized spacial score (nSPS) is 18.1. The zero-order valence-corrected chi connectivity index (χ0v) is 17.1. The Hall–Kier alpha value is -3.52. The van der Waals surface area contributed by atoms with Crippen LogP contribution in [0.3, 0.4) is 0 Å². The summed E-state index contributed by atoms with van der Waals surface area (Å²) < 4.78 is 16.0. The number of ether oxygens (including phenoxy) is 2. The first kappa shape index (κ1) is 19.8. The van der Waals surface area contributed by atoms with Gasteiger partial charge in [-0.1, -0.05) is 6.07 Å². The van der Waals surface area contributed by atoms with E-state index in [1.807, 2.05) is 17.5 Å². The van der Waals surface area contributed by atoms with E-state index in [1.54, 1.807) is 30.3 Å². The van der Waals surface area contributed by atoms with Crippen LogP contribution in [-0.2, 0) is 16.1 Å². The summed E-state index contributed by atoms with van der Waals surface area (Å²) in [6, 6.07) is 11.2. The summed E-state index contributed by atoms with van der Waals surface area (Å²) >= 11 is 1.40. The highest BCUT2D eigenvalue weighted by atomic mass is 32.1. The van der Waals surface area contributed by atoms with Gasteiger partial charge in [-0.25, -0.2) is 0 Å². The van der Waals surface area contributed by atoms with Crippen molar-refractivity contribution in [2.24, 2.45) is 0 Å². The number of aliphatic hydroxyl groups is 1. The molecule has 0 bridgehead atoms. The molecule has 1 atom stereocenters. The van der Waals surface area contributed by atoms with Gasteiger partial charge in [0.25, 0.3) is 11.7 Å². The van der Waals surface area contributed by atoms with Gasteiger partial charge in [-0.05, 0) is 41.8 Å². The number of methoxy groups -OCH3 is 2. The number of carbonyl (C=O) groups is 2. The average Bonchev–Trinajstić information content (AvgIpc) is 3.52. The summed E-state index contributed by atoms with van der Waals surface area (Å²) in [6.07, 6.45) is 1.51. The third-order valence-corrected chi connectivity index (χ3v) is 5.85. The first-order valence-corrected chi connectivity index (χ1v) is 9.99. The number of amides is 1. The van der Waals surface area contributed by atoms with Crippen molar-refractivity contribution in [1.82, 2.24) is 4.90 Å². The number of nitrogens with zero attached hydrogens (tertiary/aromatic N) is 1. The first-order chi connectivity index (χ1) is 14.5. The maximum atomic E-state index is 13.0. The minimum Gasteiger partial charge on any atom is -0.507 e. The lowest BCUT2D eigenvalue weighted by Gasteiger charge is -2.23. The Morgan fingerprint density at radius 3 is 2.63 bits per heavy atom. The Bertz CT molecular complexity index is 1100. The Labute approximate surface area is 176 Å². The molecule has 4 rings (SSSR count). The minimum absolute atomic E-state index is 0.000518. The highest BCUT2D eigenvalue weighted by Crippen LogP contribution is 2.43. The number of thiophene rings is 1. The fraction of sp³-hybridized carbons (Fsp3) is 0.182. The molecule has 8 heteroatoms. The maximum Gasteiger partial charge on any atom is 0.296 e. The van der Waals surface area contributed by atoms with Crippen molar-refractivity contribution in [2.75, 3.05) is 14.2 Å². The van der Waals surface area contributed by atoms with Gasteiger partial charge in [0.05, 0.1) is 38.2 Å². The lowest BCUT2D eigenvalue weighted by Crippen LogP contribution is -2.28. The van der Waals surface area contributed by atoms with Crippen LogP contribution in [-0.4, -0.2) is 35.9 Å². The number of Topliss-reactive ketones (excluding diaryl/α,β-unsaturated/α-hetero) is 1. The van der Waals surface area contributed by atoms with Crippen LogP contribution in [0.15, 0.2) is 64.1 Å². The van der Waals surface area contributed by atoms with Crippen molar-refractivity contribution in [1.29, 1.82) is 0 Å². The molecular weight excluding hydrogens is 406 g/mol. The van der Waals surface area contributed by atoms with Crippen molar-refractivity contribution in [3.05, 3.63) is 75.9 Å². The van der Waals surface area contributed by atoms with Gasteiger partial charge in [0, 0.05) is 4.88 Å². The van der Waals surface area contributed by atoms with Crippen molar-refractivity contribution in [3.8, 4) is 11.5 Å². The fourth-order valence-corrected chi connectivity index (χ4v) is 4.35. The lowest BCUT2D eigenvalue weighted by molar-refractivity contribution is -0.140. The quantitative estimate of drug-likeness (QED) is 0.365. The van der Waals surface area contributed by atoms with E-state index in [4.69, 9.17) is 13.9 Å². The summed E-state index contributed by atoms with van der Waals surface area (Å²) in [5.74, 6) is -0.400. The number of likely N-dealkylation sites (tertiary alicyclic amines) is 1. The van der Waals surface area contributed by atoms with E-state index in [0.717, 1.165) is 4.88 Å². The second kappa shape index (κ2) is 8.08. The minimum atomic E-state index is -0.762. The topological polar surface area (TPSA) is 89.2 Å². The van der Waals surface area contributed by atoms with E-state index < -0.39 is 17.7 Å². The van der Waals surface area contributed by atoms with E-state index in [9.17, 15) is 14.7 Å². The van der Waals surface area contributed by atoms with Crippen LogP contribution in [0.1, 0.15) is 22.2 Å². The number of aliphatic hydroxyl groups excluding tert-OH is 1. The van der Waals surface area contributed by atoms with Crippen LogP contribution in [0.2, 0.25) is 0 Å². The largest absolute Gasteiger partial charge is 0.507 e. The zero-order valence-electron chi connectivity index (χ0n) is 16.3. The number of hydrogen-bond acceptors (Lipinski definition) is 7. The predicted molar refractivity (Wildman–Crippen MR) is 110 cm³/mol. The molecule has 1 saturated heterocycles. The third kappa shape index (κ3) is 3.35. The van der Waals surface area contributed by atoms with Gasteiger partial charge in [-0.15, -0.1) is 11.3 Å². The molecular formula is C22H19NO6S. The van der Waals surface area contributed by atoms with Crippen LogP contribution in [0.25, 0.3) is 5.76 Å². The molecule has 1 aromatic carbocycles. The van der Waals surface area contributed by atoms with E-state index in [0.29, 0.717) is 17.3 Å². The highest BCUT2D eigenvalue weighted by molar-refractivity contribution is 7.10. The second-order valence-corrected chi connectivity index (χ2v) is 7.57.